The third kappa shape index (κ3) is 9.40. The molecule has 3 aromatic rings. The molecule has 0 aliphatic carbocycles. The number of rotatable bonds is 12. The lowest BCUT2D eigenvalue weighted by atomic mass is 9.91. The van der Waals surface area contributed by atoms with Crippen LogP contribution in [-0.4, -0.2) is 76.4 Å². The Balaban J connectivity index is 1.08. The van der Waals surface area contributed by atoms with Crippen LogP contribution in [0.2, 0.25) is 5.02 Å². The highest BCUT2D eigenvalue weighted by molar-refractivity contribution is 7.99. The van der Waals surface area contributed by atoms with Gasteiger partial charge in [0.1, 0.15) is 10.8 Å². The van der Waals surface area contributed by atoms with E-state index in [2.05, 4.69) is 64.1 Å². The molecule has 2 fully saturated rings. The van der Waals surface area contributed by atoms with E-state index < -0.39 is 0 Å². The molecule has 258 valence electrons. The van der Waals surface area contributed by atoms with Gasteiger partial charge in [0.2, 0.25) is 11.8 Å². The van der Waals surface area contributed by atoms with Crippen molar-refractivity contribution in [3.8, 4) is 0 Å². The number of nitrogen functional groups attached to an aromatic ring is 1. The molecule has 0 bridgehead atoms. The number of amides is 2. The number of nitrogens with zero attached hydrogens (tertiary/aromatic N) is 5. The van der Waals surface area contributed by atoms with Gasteiger partial charge in [-0.3, -0.25) is 14.5 Å². The number of hydrogen-bond donors (Lipinski definition) is 3. The van der Waals surface area contributed by atoms with Crippen molar-refractivity contribution >= 4 is 52.5 Å². The fourth-order valence-corrected chi connectivity index (χ4v) is 7.37. The summed E-state index contributed by atoms with van der Waals surface area (Å²) in [5.41, 5.74) is 17.1. The van der Waals surface area contributed by atoms with Crippen LogP contribution in [0.3, 0.4) is 0 Å². The van der Waals surface area contributed by atoms with Gasteiger partial charge in [-0.05, 0) is 61.4 Å². The molecule has 3 heterocycles. The summed E-state index contributed by atoms with van der Waals surface area (Å²) < 4.78 is 0. The van der Waals surface area contributed by atoms with Gasteiger partial charge < -0.3 is 26.6 Å². The topological polar surface area (TPSA) is 134 Å². The highest BCUT2D eigenvalue weighted by Gasteiger charge is 2.27. The van der Waals surface area contributed by atoms with Gasteiger partial charge in [-0.2, -0.15) is 0 Å². The third-order valence-corrected chi connectivity index (χ3v) is 10.9. The van der Waals surface area contributed by atoms with Crippen molar-refractivity contribution in [3.63, 3.8) is 0 Å². The fourth-order valence-electron chi connectivity index (χ4n) is 6.28. The SMILES string of the molecule is CCCc1ccc(CN2CCN(C(=O)CCC(=O)Nc3cccc(Sc4ncc(N5CCC(C)(N)CC5)nc4N)c3Cl)CC2)cc1CC. The fraction of sp³-hybridized carbons (Fsp3) is 0.500. The molecular formula is C36H49ClN8O2S. The maximum Gasteiger partial charge on any atom is 0.224 e. The summed E-state index contributed by atoms with van der Waals surface area (Å²) in [7, 11) is 0. The molecule has 2 amide bonds. The van der Waals surface area contributed by atoms with E-state index in [0.717, 1.165) is 70.6 Å². The molecule has 5 N–H and O–H groups in total. The normalized spacial score (nSPS) is 16.6. The van der Waals surface area contributed by atoms with Crippen molar-refractivity contribution in [1.29, 1.82) is 0 Å². The zero-order chi connectivity index (χ0) is 34.3. The van der Waals surface area contributed by atoms with Crippen LogP contribution in [0.15, 0.2) is 52.5 Å². The summed E-state index contributed by atoms with van der Waals surface area (Å²) in [5.74, 6) is 0.782. The average molecular weight is 693 g/mol. The first-order valence-corrected chi connectivity index (χ1v) is 18.3. The molecule has 0 atom stereocenters. The van der Waals surface area contributed by atoms with E-state index >= 15 is 0 Å². The van der Waals surface area contributed by atoms with E-state index in [1.165, 1.54) is 28.5 Å². The van der Waals surface area contributed by atoms with E-state index in [1.54, 1.807) is 12.3 Å². The lowest BCUT2D eigenvalue weighted by Crippen LogP contribution is -2.48. The van der Waals surface area contributed by atoms with E-state index in [1.807, 2.05) is 17.0 Å². The zero-order valence-electron chi connectivity index (χ0n) is 28.4. The lowest BCUT2D eigenvalue weighted by Gasteiger charge is -2.37. The Morgan fingerprint density at radius 2 is 1.77 bits per heavy atom. The minimum atomic E-state index is -0.261. The first kappa shape index (κ1) is 35.9. The minimum absolute atomic E-state index is 0.00325. The summed E-state index contributed by atoms with van der Waals surface area (Å²) in [6.45, 7) is 12.0. The summed E-state index contributed by atoms with van der Waals surface area (Å²) in [6, 6.07) is 12.3. The van der Waals surface area contributed by atoms with E-state index in [4.69, 9.17) is 23.1 Å². The number of carbonyl (C=O) groups is 2. The second kappa shape index (κ2) is 16.3. The minimum Gasteiger partial charge on any atom is -0.381 e. The number of halogens is 1. The largest absolute Gasteiger partial charge is 0.381 e. The first-order valence-electron chi connectivity index (χ1n) is 17.1. The molecule has 12 heteroatoms. The quantitative estimate of drug-likeness (QED) is 0.217. The summed E-state index contributed by atoms with van der Waals surface area (Å²) in [5, 5.41) is 3.79. The number of carbonyl (C=O) groups excluding carboxylic acids is 2. The Labute approximate surface area is 294 Å². The molecule has 48 heavy (non-hydrogen) atoms. The highest BCUT2D eigenvalue weighted by atomic mass is 35.5. The summed E-state index contributed by atoms with van der Waals surface area (Å²) in [6.07, 6.45) is 7.02. The van der Waals surface area contributed by atoms with Crippen molar-refractivity contribution in [2.24, 2.45) is 5.73 Å². The molecular weight excluding hydrogens is 644 g/mol. The van der Waals surface area contributed by atoms with Crippen LogP contribution < -0.4 is 21.7 Å². The van der Waals surface area contributed by atoms with Crippen molar-refractivity contribution in [3.05, 3.63) is 64.3 Å². The number of aryl methyl sites for hydroxylation is 2. The van der Waals surface area contributed by atoms with Gasteiger partial charge >= 0.3 is 0 Å². The molecule has 0 unspecified atom stereocenters. The Hall–Kier alpha value is -3.38. The van der Waals surface area contributed by atoms with Crippen LogP contribution in [-0.2, 0) is 29.0 Å². The van der Waals surface area contributed by atoms with Crippen molar-refractivity contribution in [2.45, 2.75) is 87.7 Å². The summed E-state index contributed by atoms with van der Waals surface area (Å²) in [4.78, 5) is 42.1. The van der Waals surface area contributed by atoms with Gasteiger partial charge in [0.15, 0.2) is 5.82 Å². The number of aromatic nitrogens is 2. The standard InChI is InChI=1S/C36H49ClN8O2S/c1-4-7-27-11-10-25(22-26(27)5-2)24-43-18-20-45(21-19-43)32(47)13-12-31(46)41-28-8-6-9-29(33(28)37)48-35-34(38)42-30(23-40-35)44-16-14-36(3,39)15-17-44/h6,8-11,22-23H,4-5,7,12-21,24,39H2,1-3H3,(H2,38,42)(H,41,46). The molecule has 1 aromatic heterocycles. The number of benzene rings is 2. The molecule has 2 aliphatic heterocycles. The Bertz CT molecular complexity index is 1580. The predicted octanol–water partition coefficient (Wildman–Crippen LogP) is 5.76. The van der Waals surface area contributed by atoms with E-state index in [0.29, 0.717) is 39.5 Å². The van der Waals surface area contributed by atoms with Crippen LogP contribution >= 0.6 is 23.4 Å². The number of anilines is 3. The number of piperazine rings is 1. The first-order chi connectivity index (χ1) is 23.0. The van der Waals surface area contributed by atoms with Crippen molar-refractivity contribution in [1.82, 2.24) is 19.8 Å². The Morgan fingerprint density at radius 1 is 1.02 bits per heavy atom. The van der Waals surface area contributed by atoms with Crippen LogP contribution in [0.4, 0.5) is 17.3 Å². The van der Waals surface area contributed by atoms with Gasteiger partial charge in [0, 0.05) is 69.1 Å². The Morgan fingerprint density at radius 3 is 2.46 bits per heavy atom. The highest BCUT2D eigenvalue weighted by Crippen LogP contribution is 2.39. The van der Waals surface area contributed by atoms with Crippen molar-refractivity contribution < 1.29 is 9.59 Å². The van der Waals surface area contributed by atoms with Crippen molar-refractivity contribution in [2.75, 3.05) is 55.2 Å². The van der Waals surface area contributed by atoms with Crippen LogP contribution in [0.25, 0.3) is 0 Å². The van der Waals surface area contributed by atoms with E-state index in [9.17, 15) is 9.59 Å². The van der Waals surface area contributed by atoms with Gasteiger partial charge in [-0.15, -0.1) is 0 Å². The molecule has 10 nitrogen and oxygen atoms in total. The molecule has 2 saturated heterocycles. The molecule has 2 aliphatic rings. The maximum absolute atomic E-state index is 13.0. The number of hydrogen-bond acceptors (Lipinski definition) is 9. The van der Waals surface area contributed by atoms with Gasteiger partial charge in [0.25, 0.3) is 0 Å². The monoisotopic (exact) mass is 692 g/mol. The molecule has 0 saturated carbocycles. The third-order valence-electron chi connectivity index (χ3n) is 9.29. The van der Waals surface area contributed by atoms with Crippen LogP contribution in [0, 0.1) is 0 Å². The molecule has 0 spiro atoms. The van der Waals surface area contributed by atoms with Gasteiger partial charge in [0.05, 0.1) is 16.9 Å². The van der Waals surface area contributed by atoms with Crippen LogP contribution in [0.1, 0.15) is 69.6 Å². The summed E-state index contributed by atoms with van der Waals surface area (Å²) >= 11 is 8.00. The molecule has 5 rings (SSSR count). The second-order valence-electron chi connectivity index (χ2n) is 13.2. The second-order valence-corrected chi connectivity index (χ2v) is 14.6. The lowest BCUT2D eigenvalue weighted by molar-refractivity contribution is -0.134. The Kier molecular flexibility index (Phi) is 12.2. The zero-order valence-corrected chi connectivity index (χ0v) is 30.0. The van der Waals surface area contributed by atoms with Gasteiger partial charge in [-0.1, -0.05) is 67.9 Å². The number of nitrogens with two attached hydrogens (primary N) is 2. The predicted molar refractivity (Wildman–Crippen MR) is 196 cm³/mol. The smallest absolute Gasteiger partial charge is 0.224 e. The number of piperidine rings is 1. The average Bonchev–Trinajstić information content (AvgIpc) is 3.07. The maximum atomic E-state index is 13.0. The van der Waals surface area contributed by atoms with Crippen LogP contribution in [0.5, 0.6) is 0 Å². The molecule has 0 radical (unpaired) electrons. The van der Waals surface area contributed by atoms with E-state index in [-0.39, 0.29) is 30.2 Å². The molecule has 2 aromatic carbocycles. The van der Waals surface area contributed by atoms with Gasteiger partial charge in [-0.25, -0.2) is 9.97 Å². The number of nitrogens with one attached hydrogen (secondary N) is 1.